The predicted octanol–water partition coefficient (Wildman–Crippen LogP) is 2.95. The lowest BCUT2D eigenvalue weighted by atomic mass is 9.90. The molecule has 2 N–H and O–H groups in total. The van der Waals surface area contributed by atoms with Crippen molar-refractivity contribution in [3.05, 3.63) is 29.3 Å². The number of rotatable bonds is 3. The van der Waals surface area contributed by atoms with Crippen LogP contribution in [0.25, 0.3) is 0 Å². The highest BCUT2D eigenvalue weighted by atomic mass is 19.4. The molecule has 2 unspecified atom stereocenters. The Balaban J connectivity index is 2.16. The summed E-state index contributed by atoms with van der Waals surface area (Å²) in [5, 5.41) is 18.6. The molecule has 0 radical (unpaired) electrons. The van der Waals surface area contributed by atoms with Gasteiger partial charge in [-0.1, -0.05) is 6.92 Å². The Morgan fingerprint density at radius 3 is 2.59 bits per heavy atom. The Morgan fingerprint density at radius 2 is 2.00 bits per heavy atom. The monoisotopic (exact) mass is 317 g/mol. The van der Waals surface area contributed by atoms with Crippen LogP contribution in [0.4, 0.5) is 13.2 Å². The Morgan fingerprint density at radius 1 is 1.32 bits per heavy atom. The standard InChI is InChI=1S/C15H18F3NO3/c1-9-2-11(14(21)22)8-19(6-9)7-10-3-12(15(16,17)18)5-13(20)4-10/h3-5,9,11,20H,2,6-8H2,1H3,(H,21,22). The fourth-order valence-electron chi connectivity index (χ4n) is 2.96. The van der Waals surface area contributed by atoms with E-state index in [0.29, 0.717) is 31.1 Å². The van der Waals surface area contributed by atoms with Gasteiger partial charge in [0.1, 0.15) is 5.75 Å². The molecule has 1 aromatic rings. The van der Waals surface area contributed by atoms with Crippen LogP contribution in [0.1, 0.15) is 24.5 Å². The molecule has 0 aliphatic carbocycles. The van der Waals surface area contributed by atoms with E-state index in [2.05, 4.69) is 0 Å². The number of carboxylic acids is 1. The zero-order valence-electron chi connectivity index (χ0n) is 12.1. The zero-order chi connectivity index (χ0) is 16.5. The van der Waals surface area contributed by atoms with Gasteiger partial charge in [-0.15, -0.1) is 0 Å². The summed E-state index contributed by atoms with van der Waals surface area (Å²) in [5.74, 6) is -1.68. The molecule has 2 atom stereocenters. The second-order valence-corrected chi connectivity index (χ2v) is 5.96. The van der Waals surface area contributed by atoms with Crippen LogP contribution in [0.2, 0.25) is 0 Å². The van der Waals surface area contributed by atoms with E-state index in [1.165, 1.54) is 6.07 Å². The van der Waals surface area contributed by atoms with Crippen LogP contribution in [0.5, 0.6) is 5.75 Å². The molecule has 0 aromatic heterocycles. The molecule has 2 rings (SSSR count). The van der Waals surface area contributed by atoms with E-state index in [9.17, 15) is 23.1 Å². The maximum atomic E-state index is 12.8. The van der Waals surface area contributed by atoms with Crippen molar-refractivity contribution in [2.75, 3.05) is 13.1 Å². The van der Waals surface area contributed by atoms with Gasteiger partial charge in [-0.25, -0.2) is 0 Å². The number of phenolic OH excluding ortho intramolecular Hbond substituents is 1. The molecule has 1 aliphatic rings. The maximum Gasteiger partial charge on any atom is 0.416 e. The minimum atomic E-state index is -4.52. The van der Waals surface area contributed by atoms with E-state index in [1.54, 1.807) is 0 Å². The first-order valence-corrected chi connectivity index (χ1v) is 7.00. The van der Waals surface area contributed by atoms with Crippen molar-refractivity contribution in [1.29, 1.82) is 0 Å². The summed E-state index contributed by atoms with van der Waals surface area (Å²) in [6.45, 7) is 3.04. The fraction of sp³-hybridized carbons (Fsp3) is 0.533. The predicted molar refractivity (Wildman–Crippen MR) is 73.3 cm³/mol. The van der Waals surface area contributed by atoms with Crippen molar-refractivity contribution >= 4 is 5.97 Å². The number of aliphatic carboxylic acids is 1. The number of carbonyl (C=O) groups is 1. The first-order chi connectivity index (χ1) is 10.1. The first-order valence-electron chi connectivity index (χ1n) is 7.00. The third-order valence-electron chi connectivity index (χ3n) is 3.80. The molecule has 0 bridgehead atoms. The topological polar surface area (TPSA) is 60.8 Å². The minimum Gasteiger partial charge on any atom is -0.508 e. The third-order valence-corrected chi connectivity index (χ3v) is 3.80. The summed E-state index contributed by atoms with van der Waals surface area (Å²) in [5.41, 5.74) is -0.576. The number of aromatic hydroxyl groups is 1. The molecule has 0 spiro atoms. The van der Waals surface area contributed by atoms with Gasteiger partial charge < -0.3 is 10.2 Å². The molecular weight excluding hydrogens is 299 g/mol. The van der Waals surface area contributed by atoms with Gasteiger partial charge >= 0.3 is 12.1 Å². The van der Waals surface area contributed by atoms with Crippen LogP contribution in [0.15, 0.2) is 18.2 Å². The van der Waals surface area contributed by atoms with Crippen molar-refractivity contribution in [1.82, 2.24) is 4.90 Å². The fourth-order valence-corrected chi connectivity index (χ4v) is 2.96. The summed E-state index contributed by atoms with van der Waals surface area (Å²) in [7, 11) is 0. The van der Waals surface area contributed by atoms with Crippen molar-refractivity contribution in [2.45, 2.75) is 26.1 Å². The van der Waals surface area contributed by atoms with Crippen LogP contribution >= 0.6 is 0 Å². The minimum absolute atomic E-state index is 0.161. The molecule has 22 heavy (non-hydrogen) atoms. The average molecular weight is 317 g/mol. The number of benzene rings is 1. The van der Waals surface area contributed by atoms with Gasteiger partial charge in [0.05, 0.1) is 11.5 Å². The van der Waals surface area contributed by atoms with Gasteiger partial charge in [0, 0.05) is 19.6 Å². The highest BCUT2D eigenvalue weighted by Crippen LogP contribution is 2.33. The number of piperidine rings is 1. The first kappa shape index (κ1) is 16.6. The van der Waals surface area contributed by atoms with Gasteiger partial charge in [-0.05, 0) is 36.1 Å². The maximum absolute atomic E-state index is 12.8. The Bertz CT molecular complexity index is 559. The van der Waals surface area contributed by atoms with Crippen molar-refractivity contribution in [3.8, 4) is 5.75 Å². The normalized spacial score (nSPS) is 23.5. The van der Waals surface area contributed by atoms with Crippen molar-refractivity contribution in [2.24, 2.45) is 11.8 Å². The largest absolute Gasteiger partial charge is 0.508 e. The van der Waals surface area contributed by atoms with Crippen molar-refractivity contribution in [3.63, 3.8) is 0 Å². The van der Waals surface area contributed by atoms with Crippen molar-refractivity contribution < 1.29 is 28.2 Å². The zero-order valence-corrected chi connectivity index (χ0v) is 12.1. The average Bonchev–Trinajstić information content (AvgIpc) is 2.36. The summed E-state index contributed by atoms with van der Waals surface area (Å²) in [6.07, 6.45) is -3.95. The van der Waals surface area contributed by atoms with E-state index in [4.69, 9.17) is 5.11 Å². The Kier molecular flexibility index (Phi) is 4.65. The van der Waals surface area contributed by atoms with Gasteiger partial charge in [-0.3, -0.25) is 9.69 Å². The number of nitrogens with zero attached hydrogens (tertiary/aromatic N) is 1. The molecule has 7 heteroatoms. The Hall–Kier alpha value is -1.76. The summed E-state index contributed by atoms with van der Waals surface area (Å²) >= 11 is 0. The number of halogens is 3. The van der Waals surface area contributed by atoms with Crippen LogP contribution in [-0.2, 0) is 17.5 Å². The number of hydrogen-bond acceptors (Lipinski definition) is 3. The SMILES string of the molecule is CC1CC(C(=O)O)CN(Cc2cc(O)cc(C(F)(F)F)c2)C1. The van der Waals surface area contributed by atoms with E-state index in [1.807, 2.05) is 11.8 Å². The lowest BCUT2D eigenvalue weighted by Gasteiger charge is -2.34. The molecule has 1 aromatic carbocycles. The smallest absolute Gasteiger partial charge is 0.416 e. The summed E-state index contributed by atoms with van der Waals surface area (Å²) in [6, 6.07) is 2.96. The van der Waals surface area contributed by atoms with Gasteiger partial charge in [0.2, 0.25) is 0 Å². The van der Waals surface area contributed by atoms with E-state index < -0.39 is 29.4 Å². The number of hydrogen-bond donors (Lipinski definition) is 2. The van der Waals surface area contributed by atoms with E-state index in [0.717, 1.165) is 6.07 Å². The molecule has 1 aliphatic heterocycles. The molecule has 1 heterocycles. The number of alkyl halides is 3. The molecule has 0 amide bonds. The quantitative estimate of drug-likeness (QED) is 0.900. The molecule has 122 valence electrons. The third kappa shape index (κ3) is 4.13. The van der Waals surface area contributed by atoms with Crippen LogP contribution in [0.3, 0.4) is 0 Å². The summed E-state index contributed by atoms with van der Waals surface area (Å²) < 4.78 is 38.3. The van der Waals surface area contributed by atoms with Crippen LogP contribution in [-0.4, -0.2) is 34.2 Å². The molecular formula is C15H18F3NO3. The van der Waals surface area contributed by atoms with Gasteiger partial charge in [-0.2, -0.15) is 13.2 Å². The number of phenols is 1. The van der Waals surface area contributed by atoms with Crippen LogP contribution < -0.4 is 0 Å². The lowest BCUT2D eigenvalue weighted by molar-refractivity contribution is -0.144. The van der Waals surface area contributed by atoms with E-state index in [-0.39, 0.29) is 12.5 Å². The van der Waals surface area contributed by atoms with Crippen LogP contribution in [0, 0.1) is 11.8 Å². The molecule has 4 nitrogen and oxygen atoms in total. The summed E-state index contributed by atoms with van der Waals surface area (Å²) in [4.78, 5) is 12.9. The second kappa shape index (κ2) is 6.16. The molecule has 0 saturated carbocycles. The second-order valence-electron chi connectivity index (χ2n) is 5.96. The molecule has 1 saturated heterocycles. The number of likely N-dealkylation sites (tertiary alicyclic amines) is 1. The molecule has 1 fully saturated rings. The highest BCUT2D eigenvalue weighted by Gasteiger charge is 2.32. The Labute approximate surface area is 126 Å². The van der Waals surface area contributed by atoms with Gasteiger partial charge in [0.15, 0.2) is 0 Å². The number of carboxylic acid groups (broad SMARTS) is 1. The lowest BCUT2D eigenvalue weighted by Crippen LogP contribution is -2.41. The van der Waals surface area contributed by atoms with E-state index >= 15 is 0 Å². The highest BCUT2D eigenvalue weighted by molar-refractivity contribution is 5.70. The van der Waals surface area contributed by atoms with Gasteiger partial charge in [0.25, 0.3) is 0 Å².